The Hall–Kier alpha value is -2.97. The maximum atomic E-state index is 13.3. The zero-order chi connectivity index (χ0) is 22.7. The molecule has 1 aliphatic rings. The predicted molar refractivity (Wildman–Crippen MR) is 135 cm³/mol. The van der Waals surface area contributed by atoms with Crippen LogP contribution in [0.5, 0.6) is 0 Å². The van der Waals surface area contributed by atoms with Crippen LogP contribution in [-0.2, 0) is 11.2 Å². The lowest BCUT2D eigenvalue weighted by atomic mass is 10.1. The number of thioether (sulfide) groups is 1. The summed E-state index contributed by atoms with van der Waals surface area (Å²) in [5.74, 6) is 0.307. The van der Waals surface area contributed by atoms with Crippen molar-refractivity contribution >= 4 is 51.7 Å². The standard InChI is InChI=1S/C24H24N4O2S2/c1-3-12-25-21-18(22(29)28-15-16(2)9-10-20(28)26-21)14-19-23(30)27(24(31)32-19)13-11-17-7-5-4-6-8-17/h4-10,14-15,25H,3,11-13H2,1-2H3/b19-14+. The molecule has 3 aromatic rings. The first-order valence-corrected chi connectivity index (χ1v) is 11.8. The van der Waals surface area contributed by atoms with Crippen molar-refractivity contribution in [3.8, 4) is 0 Å². The quantitative estimate of drug-likeness (QED) is 0.416. The van der Waals surface area contributed by atoms with E-state index < -0.39 is 0 Å². The highest BCUT2D eigenvalue weighted by atomic mass is 32.2. The van der Waals surface area contributed by atoms with Gasteiger partial charge in [-0.05, 0) is 43.0 Å². The summed E-state index contributed by atoms with van der Waals surface area (Å²) in [5, 5.41) is 3.23. The van der Waals surface area contributed by atoms with Crippen molar-refractivity contribution < 1.29 is 4.79 Å². The van der Waals surface area contributed by atoms with E-state index in [4.69, 9.17) is 12.2 Å². The zero-order valence-electron chi connectivity index (χ0n) is 18.0. The second-order valence-corrected chi connectivity index (χ2v) is 9.29. The van der Waals surface area contributed by atoms with Gasteiger partial charge in [-0.25, -0.2) is 4.98 Å². The molecular formula is C24H24N4O2S2. The molecule has 164 valence electrons. The molecule has 4 rings (SSSR count). The Morgan fingerprint density at radius 1 is 1.16 bits per heavy atom. The van der Waals surface area contributed by atoms with E-state index in [9.17, 15) is 9.59 Å². The highest BCUT2D eigenvalue weighted by molar-refractivity contribution is 8.26. The van der Waals surface area contributed by atoms with Crippen LogP contribution >= 0.6 is 24.0 Å². The largest absolute Gasteiger partial charge is 0.369 e. The second-order valence-electron chi connectivity index (χ2n) is 7.61. The van der Waals surface area contributed by atoms with E-state index in [1.165, 1.54) is 16.2 Å². The second kappa shape index (κ2) is 9.67. The molecule has 3 heterocycles. The molecule has 1 saturated heterocycles. The first-order chi connectivity index (χ1) is 15.5. The fourth-order valence-electron chi connectivity index (χ4n) is 3.48. The SMILES string of the molecule is CCCNc1nc2ccc(C)cn2c(=O)c1/C=C1/SC(=S)N(CCc2ccccc2)C1=O. The number of aryl methyl sites for hydroxylation is 1. The lowest BCUT2D eigenvalue weighted by Gasteiger charge is -2.14. The average molecular weight is 465 g/mol. The molecule has 1 N–H and O–H groups in total. The number of fused-ring (bicyclic) bond motifs is 1. The molecule has 2 aromatic heterocycles. The normalized spacial score (nSPS) is 15.2. The number of pyridine rings is 1. The summed E-state index contributed by atoms with van der Waals surface area (Å²) >= 11 is 6.70. The molecule has 8 heteroatoms. The molecule has 1 fully saturated rings. The number of nitrogens with zero attached hydrogens (tertiary/aromatic N) is 3. The van der Waals surface area contributed by atoms with Crippen molar-refractivity contribution in [2.24, 2.45) is 0 Å². The van der Waals surface area contributed by atoms with Gasteiger partial charge in [0.05, 0.1) is 10.5 Å². The van der Waals surface area contributed by atoms with Crippen molar-refractivity contribution in [1.29, 1.82) is 0 Å². The van der Waals surface area contributed by atoms with E-state index >= 15 is 0 Å². The highest BCUT2D eigenvalue weighted by Crippen LogP contribution is 2.33. The number of thiocarbonyl (C=S) groups is 1. The molecule has 1 aliphatic heterocycles. The summed E-state index contributed by atoms with van der Waals surface area (Å²) in [7, 11) is 0. The number of hydrogen-bond donors (Lipinski definition) is 1. The molecule has 0 atom stereocenters. The third-order valence-electron chi connectivity index (χ3n) is 5.16. The monoisotopic (exact) mass is 464 g/mol. The topological polar surface area (TPSA) is 66.7 Å². The van der Waals surface area contributed by atoms with E-state index in [0.29, 0.717) is 45.8 Å². The van der Waals surface area contributed by atoms with Gasteiger partial charge >= 0.3 is 0 Å². The van der Waals surface area contributed by atoms with E-state index in [1.807, 2.05) is 56.3 Å². The molecule has 32 heavy (non-hydrogen) atoms. The van der Waals surface area contributed by atoms with Crippen molar-refractivity contribution in [2.45, 2.75) is 26.7 Å². The summed E-state index contributed by atoms with van der Waals surface area (Å²) in [5.41, 5.74) is 2.81. The highest BCUT2D eigenvalue weighted by Gasteiger charge is 2.32. The summed E-state index contributed by atoms with van der Waals surface area (Å²) in [6, 6.07) is 13.7. The number of aromatic nitrogens is 2. The number of rotatable bonds is 7. The summed E-state index contributed by atoms with van der Waals surface area (Å²) in [4.78, 5) is 33.1. The number of carbonyl (C=O) groups is 1. The minimum Gasteiger partial charge on any atom is -0.369 e. The fraction of sp³-hybridized carbons (Fsp3) is 0.250. The van der Waals surface area contributed by atoms with Crippen molar-refractivity contribution in [1.82, 2.24) is 14.3 Å². The maximum absolute atomic E-state index is 13.3. The van der Waals surface area contributed by atoms with Crippen molar-refractivity contribution in [2.75, 3.05) is 18.4 Å². The van der Waals surface area contributed by atoms with Crippen molar-refractivity contribution in [3.05, 3.63) is 80.6 Å². The van der Waals surface area contributed by atoms with Gasteiger partial charge in [0.1, 0.15) is 15.8 Å². The molecule has 0 aliphatic carbocycles. The number of amides is 1. The van der Waals surface area contributed by atoms with Crippen molar-refractivity contribution in [3.63, 3.8) is 0 Å². The first-order valence-electron chi connectivity index (χ1n) is 10.5. The Bertz CT molecular complexity index is 1270. The summed E-state index contributed by atoms with van der Waals surface area (Å²) in [6.45, 7) is 5.14. The van der Waals surface area contributed by atoms with Gasteiger partial charge < -0.3 is 5.32 Å². The molecule has 0 radical (unpaired) electrons. The lowest BCUT2D eigenvalue weighted by molar-refractivity contribution is -0.122. The summed E-state index contributed by atoms with van der Waals surface area (Å²) in [6.07, 6.45) is 4.99. The third-order valence-corrected chi connectivity index (χ3v) is 6.54. The van der Waals surface area contributed by atoms with E-state index in [-0.39, 0.29) is 11.5 Å². The van der Waals surface area contributed by atoms with Crippen LogP contribution < -0.4 is 10.9 Å². The Kier molecular flexibility index (Phi) is 6.72. The van der Waals surface area contributed by atoms with Gasteiger partial charge in [0.25, 0.3) is 11.5 Å². The van der Waals surface area contributed by atoms with Gasteiger partial charge in [0, 0.05) is 19.3 Å². The molecule has 0 spiro atoms. The van der Waals surface area contributed by atoms with Gasteiger partial charge in [-0.2, -0.15) is 0 Å². The molecule has 1 amide bonds. The molecular weight excluding hydrogens is 440 g/mol. The Balaban J connectivity index is 1.68. The molecule has 0 bridgehead atoms. The van der Waals surface area contributed by atoms with Gasteiger partial charge in [0.15, 0.2) is 0 Å². The van der Waals surface area contributed by atoms with Crippen LogP contribution in [0.15, 0.2) is 58.4 Å². The van der Waals surface area contributed by atoms with Crippen LogP contribution in [0.25, 0.3) is 11.7 Å². The van der Waals surface area contributed by atoms with Crippen LogP contribution in [-0.4, -0.2) is 37.6 Å². The number of nitrogens with one attached hydrogen (secondary N) is 1. The number of carbonyl (C=O) groups excluding carboxylic acids is 1. The van der Waals surface area contributed by atoms with E-state index in [2.05, 4.69) is 10.3 Å². The van der Waals surface area contributed by atoms with Crippen LogP contribution in [0.1, 0.15) is 30.0 Å². The fourth-order valence-corrected chi connectivity index (χ4v) is 4.77. The number of anilines is 1. The molecule has 0 unspecified atom stereocenters. The van der Waals surface area contributed by atoms with Crippen LogP contribution in [0.4, 0.5) is 5.82 Å². The van der Waals surface area contributed by atoms with Crippen LogP contribution in [0.2, 0.25) is 0 Å². The van der Waals surface area contributed by atoms with Gasteiger partial charge in [0.2, 0.25) is 0 Å². The minimum atomic E-state index is -0.216. The smallest absolute Gasteiger partial charge is 0.267 e. The Morgan fingerprint density at radius 3 is 2.69 bits per heavy atom. The zero-order valence-corrected chi connectivity index (χ0v) is 19.6. The van der Waals surface area contributed by atoms with Gasteiger partial charge in [-0.1, -0.05) is 67.3 Å². The van der Waals surface area contributed by atoms with Gasteiger partial charge in [-0.15, -0.1) is 0 Å². The van der Waals surface area contributed by atoms with Gasteiger partial charge in [-0.3, -0.25) is 18.9 Å². The first kappa shape index (κ1) is 22.2. The number of hydrogen-bond acceptors (Lipinski definition) is 6. The molecule has 1 aromatic carbocycles. The third kappa shape index (κ3) is 4.61. The summed E-state index contributed by atoms with van der Waals surface area (Å²) < 4.78 is 2.03. The lowest BCUT2D eigenvalue weighted by Crippen LogP contribution is -2.30. The average Bonchev–Trinajstić information content (AvgIpc) is 3.06. The predicted octanol–water partition coefficient (Wildman–Crippen LogP) is 4.27. The Morgan fingerprint density at radius 2 is 1.94 bits per heavy atom. The van der Waals surface area contributed by atoms with E-state index in [0.717, 1.165) is 17.5 Å². The Labute approximate surface area is 196 Å². The molecule has 0 saturated carbocycles. The van der Waals surface area contributed by atoms with E-state index in [1.54, 1.807) is 17.2 Å². The maximum Gasteiger partial charge on any atom is 0.267 e. The molecule has 6 nitrogen and oxygen atoms in total. The minimum absolute atomic E-state index is 0.175. The van der Waals surface area contributed by atoms with Crippen LogP contribution in [0.3, 0.4) is 0 Å². The number of benzene rings is 1. The van der Waals surface area contributed by atoms with Crippen LogP contribution in [0, 0.1) is 6.92 Å².